The first kappa shape index (κ1) is 11.8. The molecule has 2 amide bonds. The lowest BCUT2D eigenvalue weighted by atomic mass is 10.0. The van der Waals surface area contributed by atoms with Crippen LogP contribution >= 0.6 is 0 Å². The highest BCUT2D eigenvalue weighted by molar-refractivity contribution is 7.80. The number of carbonyl (C=O) groups excluding carboxylic acids is 1. The third kappa shape index (κ3) is 1.97. The van der Waals surface area contributed by atoms with Crippen LogP contribution in [-0.4, -0.2) is 47.6 Å². The Kier molecular flexibility index (Phi) is 2.57. The van der Waals surface area contributed by atoms with Crippen molar-refractivity contribution in [3.8, 4) is 6.07 Å². The molecule has 0 aromatic heterocycles. The maximum absolute atomic E-state index is 11.7. The van der Waals surface area contributed by atoms with Gasteiger partial charge >= 0.3 is 16.4 Å². The lowest BCUT2D eigenvalue weighted by molar-refractivity contribution is -0.0211. The van der Waals surface area contributed by atoms with Gasteiger partial charge in [0.05, 0.1) is 12.6 Å². The summed E-state index contributed by atoms with van der Waals surface area (Å²) < 4.78 is 34.0. The Bertz CT molecular complexity index is 534. The quantitative estimate of drug-likeness (QED) is 0.537. The van der Waals surface area contributed by atoms with Gasteiger partial charge in [-0.05, 0) is 18.6 Å². The van der Waals surface area contributed by atoms with Crippen LogP contribution in [0.2, 0.25) is 0 Å². The number of carbonyl (C=O) groups is 1. The van der Waals surface area contributed by atoms with Crippen molar-refractivity contribution in [3.05, 3.63) is 11.6 Å². The van der Waals surface area contributed by atoms with Gasteiger partial charge in [-0.15, -0.1) is 4.28 Å². The van der Waals surface area contributed by atoms with E-state index in [2.05, 4.69) is 4.28 Å². The van der Waals surface area contributed by atoms with Crippen LogP contribution in [0.4, 0.5) is 4.79 Å². The van der Waals surface area contributed by atoms with Crippen molar-refractivity contribution in [1.29, 1.82) is 5.26 Å². The van der Waals surface area contributed by atoms with Crippen molar-refractivity contribution >= 4 is 16.4 Å². The van der Waals surface area contributed by atoms with Gasteiger partial charge in [-0.1, -0.05) is 0 Å². The van der Waals surface area contributed by atoms with E-state index in [1.54, 1.807) is 13.0 Å². The summed E-state index contributed by atoms with van der Waals surface area (Å²) in [5.74, 6) is 0. The van der Waals surface area contributed by atoms with E-state index >= 15 is 0 Å². The number of urea groups is 1. The molecule has 0 unspecified atom stereocenters. The summed E-state index contributed by atoms with van der Waals surface area (Å²) in [6.07, 6.45) is 1.55. The Labute approximate surface area is 97.6 Å². The first-order chi connectivity index (χ1) is 7.83. The molecule has 0 aromatic rings. The average molecular weight is 259 g/mol. The third-order valence-electron chi connectivity index (χ3n) is 2.68. The molecule has 2 atom stereocenters. The highest BCUT2D eigenvalue weighted by atomic mass is 32.3. The van der Waals surface area contributed by atoms with E-state index < -0.39 is 28.5 Å². The summed E-state index contributed by atoms with van der Waals surface area (Å²) in [5, 5.41) is 9.42. The first-order valence-corrected chi connectivity index (χ1v) is 6.05. The van der Waals surface area contributed by atoms with Gasteiger partial charge in [0, 0.05) is 0 Å². The Hall–Kier alpha value is -1.63. The van der Waals surface area contributed by atoms with E-state index in [1.165, 1.54) is 4.90 Å². The molecule has 8 nitrogen and oxygen atoms in total. The molecule has 17 heavy (non-hydrogen) atoms. The maximum atomic E-state index is 11.7. The summed E-state index contributed by atoms with van der Waals surface area (Å²) in [5.41, 5.74) is 0.641. The molecule has 0 radical (unpaired) electrons. The van der Waals surface area contributed by atoms with Crippen LogP contribution in [0.1, 0.15) is 6.92 Å². The zero-order chi connectivity index (χ0) is 12.8. The minimum atomic E-state index is -4.76. The summed E-state index contributed by atoms with van der Waals surface area (Å²) in [6.45, 7) is 1.82. The minimum absolute atomic E-state index is 0.162. The standard InChI is InChI=1S/C8H9N3O5S/c1-5-2-6(3-9)10-4-7(5)11(8(10)12)16-17(13,14)15/h2,6-7H,4H2,1H3,(H,13,14,15)/t6-,7-/m0/s1. The van der Waals surface area contributed by atoms with Crippen molar-refractivity contribution in [2.75, 3.05) is 6.54 Å². The molecule has 1 fully saturated rings. The molecule has 2 heterocycles. The second-order valence-corrected chi connectivity index (χ2v) is 4.77. The van der Waals surface area contributed by atoms with Crippen LogP contribution < -0.4 is 0 Å². The highest BCUT2D eigenvalue weighted by Gasteiger charge is 2.47. The second kappa shape index (κ2) is 3.69. The molecule has 9 heteroatoms. The number of nitriles is 1. The fourth-order valence-corrected chi connectivity index (χ4v) is 2.27. The van der Waals surface area contributed by atoms with E-state index in [9.17, 15) is 13.2 Å². The highest BCUT2D eigenvalue weighted by Crippen LogP contribution is 2.30. The van der Waals surface area contributed by atoms with Crippen molar-refractivity contribution in [2.45, 2.75) is 19.0 Å². The predicted molar refractivity (Wildman–Crippen MR) is 53.5 cm³/mol. The number of nitrogens with zero attached hydrogens (tertiary/aromatic N) is 3. The largest absolute Gasteiger partial charge is 0.418 e. The number of fused-ring (bicyclic) bond motifs is 2. The van der Waals surface area contributed by atoms with Gasteiger partial charge < -0.3 is 4.90 Å². The summed E-state index contributed by atoms with van der Waals surface area (Å²) >= 11 is 0. The lowest BCUT2D eigenvalue weighted by Gasteiger charge is -2.23. The Morgan fingerprint density at radius 2 is 2.29 bits per heavy atom. The Morgan fingerprint density at radius 3 is 2.82 bits per heavy atom. The molecule has 0 saturated carbocycles. The number of hydrogen-bond donors (Lipinski definition) is 1. The minimum Gasteiger partial charge on any atom is -0.301 e. The van der Waals surface area contributed by atoms with Gasteiger partial charge in [0.2, 0.25) is 0 Å². The normalized spacial score (nSPS) is 28.1. The number of hydrogen-bond acceptors (Lipinski definition) is 5. The van der Waals surface area contributed by atoms with E-state index in [4.69, 9.17) is 9.81 Å². The SMILES string of the molecule is CC1=C[C@@H](C#N)N2C[C@@H]1N(OS(=O)(=O)O)C2=O. The second-order valence-electron chi connectivity index (χ2n) is 3.76. The van der Waals surface area contributed by atoms with Gasteiger partial charge in [-0.3, -0.25) is 4.55 Å². The third-order valence-corrected chi connectivity index (χ3v) is 3.02. The topological polar surface area (TPSA) is 111 Å². The molecule has 0 aliphatic carbocycles. The fraction of sp³-hybridized carbons (Fsp3) is 0.500. The lowest BCUT2D eigenvalue weighted by Crippen LogP contribution is -2.37. The number of amides is 2. The van der Waals surface area contributed by atoms with Crippen LogP contribution in [0.25, 0.3) is 0 Å². The molecule has 1 saturated heterocycles. The van der Waals surface area contributed by atoms with Crippen molar-refractivity contribution in [2.24, 2.45) is 0 Å². The van der Waals surface area contributed by atoms with E-state index in [0.29, 0.717) is 10.6 Å². The fourth-order valence-electron chi connectivity index (χ4n) is 1.90. The summed E-state index contributed by atoms with van der Waals surface area (Å²) in [6, 6.07) is -0.191. The van der Waals surface area contributed by atoms with E-state index in [-0.39, 0.29) is 6.54 Å². The molecule has 2 aliphatic rings. The van der Waals surface area contributed by atoms with Crippen molar-refractivity contribution in [3.63, 3.8) is 0 Å². The van der Waals surface area contributed by atoms with Crippen LogP contribution in [-0.2, 0) is 14.7 Å². The molecule has 1 N–H and O–H groups in total. The molecule has 0 spiro atoms. The Balaban J connectivity index is 2.33. The predicted octanol–water partition coefficient (Wildman–Crippen LogP) is -0.321. The number of hydroxylamine groups is 2. The molecular formula is C8H9N3O5S. The van der Waals surface area contributed by atoms with Crippen LogP contribution in [0.15, 0.2) is 11.6 Å². The van der Waals surface area contributed by atoms with Gasteiger partial charge in [-0.25, -0.2) is 4.79 Å². The molecule has 92 valence electrons. The molecular weight excluding hydrogens is 250 g/mol. The van der Waals surface area contributed by atoms with Crippen molar-refractivity contribution in [1.82, 2.24) is 9.96 Å². The van der Waals surface area contributed by atoms with E-state index in [1.807, 2.05) is 6.07 Å². The molecule has 0 aromatic carbocycles. The summed E-state index contributed by atoms with van der Waals surface area (Å²) in [7, 11) is -4.76. The molecule has 2 rings (SSSR count). The van der Waals surface area contributed by atoms with E-state index in [0.717, 1.165) is 0 Å². The van der Waals surface area contributed by atoms with Crippen LogP contribution in [0.5, 0.6) is 0 Å². The maximum Gasteiger partial charge on any atom is 0.418 e. The van der Waals surface area contributed by atoms with Crippen molar-refractivity contribution < 1.29 is 22.0 Å². The summed E-state index contributed by atoms with van der Waals surface area (Å²) in [4.78, 5) is 12.9. The smallest absolute Gasteiger partial charge is 0.301 e. The van der Waals surface area contributed by atoms with Gasteiger partial charge in [-0.2, -0.15) is 18.7 Å². The zero-order valence-corrected chi connectivity index (χ0v) is 9.59. The first-order valence-electron chi connectivity index (χ1n) is 4.68. The van der Waals surface area contributed by atoms with Gasteiger partial charge in [0.1, 0.15) is 12.1 Å². The number of rotatable bonds is 2. The monoisotopic (exact) mass is 259 g/mol. The average Bonchev–Trinajstić information content (AvgIpc) is 2.48. The molecule has 2 aliphatic heterocycles. The van der Waals surface area contributed by atoms with Crippen LogP contribution in [0.3, 0.4) is 0 Å². The van der Waals surface area contributed by atoms with Gasteiger partial charge in [0.25, 0.3) is 0 Å². The zero-order valence-electron chi connectivity index (χ0n) is 8.77. The van der Waals surface area contributed by atoms with Crippen LogP contribution in [0, 0.1) is 11.3 Å². The van der Waals surface area contributed by atoms with Gasteiger partial charge in [0.15, 0.2) is 0 Å². The molecule has 2 bridgehead atoms. The Morgan fingerprint density at radius 1 is 1.65 bits per heavy atom.